The van der Waals surface area contributed by atoms with Crippen LogP contribution in [0.3, 0.4) is 0 Å². The Labute approximate surface area is 106 Å². The summed E-state index contributed by atoms with van der Waals surface area (Å²) < 4.78 is 0. The van der Waals surface area contributed by atoms with Crippen LogP contribution in [0.2, 0.25) is 10.0 Å². The van der Waals surface area contributed by atoms with Gasteiger partial charge in [0, 0.05) is 0 Å². The van der Waals surface area contributed by atoms with Crippen LogP contribution in [0.4, 0.5) is 0 Å². The van der Waals surface area contributed by atoms with Gasteiger partial charge in [0.15, 0.2) is 0 Å². The minimum absolute atomic E-state index is 0.254. The van der Waals surface area contributed by atoms with Crippen molar-refractivity contribution in [3.05, 3.63) is 33.8 Å². The number of hydrogen-bond donors (Lipinski definition) is 1. The van der Waals surface area contributed by atoms with E-state index < -0.39 is 5.60 Å². The first-order chi connectivity index (χ1) is 7.43. The fourth-order valence-electron chi connectivity index (χ4n) is 2.13. The summed E-state index contributed by atoms with van der Waals surface area (Å²) in [4.78, 5) is 0. The van der Waals surface area contributed by atoms with E-state index in [0.717, 1.165) is 5.56 Å². The van der Waals surface area contributed by atoms with Gasteiger partial charge in [-0.05, 0) is 49.3 Å². The number of benzene rings is 1. The second kappa shape index (κ2) is 4.21. The van der Waals surface area contributed by atoms with Gasteiger partial charge in [0.25, 0.3) is 0 Å². The molecule has 0 aromatic heterocycles. The predicted octanol–water partition coefficient (Wildman–Crippen LogP) is 4.25. The predicted molar refractivity (Wildman–Crippen MR) is 67.9 cm³/mol. The maximum Gasteiger partial charge on any atom is 0.0897 e. The Morgan fingerprint density at radius 1 is 1.31 bits per heavy atom. The van der Waals surface area contributed by atoms with E-state index in [-0.39, 0.29) is 5.92 Å². The van der Waals surface area contributed by atoms with Crippen molar-refractivity contribution >= 4 is 23.2 Å². The van der Waals surface area contributed by atoms with Gasteiger partial charge in [-0.3, -0.25) is 0 Å². The molecule has 0 radical (unpaired) electrons. The minimum Gasteiger partial charge on any atom is -0.385 e. The van der Waals surface area contributed by atoms with E-state index in [9.17, 15) is 5.11 Å². The fraction of sp³-hybridized carbons (Fsp3) is 0.538. The van der Waals surface area contributed by atoms with Gasteiger partial charge < -0.3 is 5.11 Å². The molecular weight excluding hydrogens is 243 g/mol. The van der Waals surface area contributed by atoms with Gasteiger partial charge in [-0.15, -0.1) is 0 Å². The van der Waals surface area contributed by atoms with Crippen molar-refractivity contribution in [1.29, 1.82) is 0 Å². The lowest BCUT2D eigenvalue weighted by atomic mass is 9.81. The second-order valence-electron chi connectivity index (χ2n) is 4.90. The Balaban J connectivity index is 2.30. The molecule has 2 rings (SSSR count). The Morgan fingerprint density at radius 3 is 2.44 bits per heavy atom. The normalized spacial score (nSPS) is 21.6. The Hall–Kier alpha value is -0.240. The molecule has 1 nitrogen and oxygen atoms in total. The molecule has 88 valence electrons. The zero-order valence-electron chi connectivity index (χ0n) is 9.50. The van der Waals surface area contributed by atoms with E-state index in [1.807, 2.05) is 13.0 Å². The van der Waals surface area contributed by atoms with Crippen LogP contribution in [-0.2, 0) is 5.60 Å². The monoisotopic (exact) mass is 258 g/mol. The third kappa shape index (κ3) is 2.22. The first kappa shape index (κ1) is 12.2. The first-order valence-electron chi connectivity index (χ1n) is 5.61. The van der Waals surface area contributed by atoms with Crippen LogP contribution in [0.15, 0.2) is 18.2 Å². The van der Waals surface area contributed by atoms with Crippen molar-refractivity contribution in [2.24, 2.45) is 11.8 Å². The zero-order valence-corrected chi connectivity index (χ0v) is 11.0. The molecule has 2 atom stereocenters. The fourth-order valence-corrected chi connectivity index (χ4v) is 2.43. The lowest BCUT2D eigenvalue weighted by Gasteiger charge is -2.31. The summed E-state index contributed by atoms with van der Waals surface area (Å²) in [5.41, 5.74) is 0.0244. The maximum absolute atomic E-state index is 10.6. The maximum atomic E-state index is 10.6. The molecule has 1 aliphatic rings. The van der Waals surface area contributed by atoms with Crippen molar-refractivity contribution in [2.75, 3.05) is 0 Å². The summed E-state index contributed by atoms with van der Waals surface area (Å²) in [5, 5.41) is 11.6. The molecule has 0 aliphatic heterocycles. The third-order valence-electron chi connectivity index (χ3n) is 3.72. The molecule has 0 spiro atoms. The summed E-state index contributed by atoms with van der Waals surface area (Å²) in [6.45, 7) is 3.95. The van der Waals surface area contributed by atoms with Crippen LogP contribution in [0.1, 0.15) is 32.3 Å². The van der Waals surface area contributed by atoms with Gasteiger partial charge in [-0.2, -0.15) is 0 Å². The van der Waals surface area contributed by atoms with E-state index in [0.29, 0.717) is 16.0 Å². The molecule has 1 aliphatic carbocycles. The number of aliphatic hydroxyl groups is 1. The van der Waals surface area contributed by atoms with E-state index in [4.69, 9.17) is 23.2 Å². The summed E-state index contributed by atoms with van der Waals surface area (Å²) in [5.74, 6) is 0.897. The van der Waals surface area contributed by atoms with Crippen molar-refractivity contribution in [3.8, 4) is 0 Å². The average molecular weight is 259 g/mol. The van der Waals surface area contributed by atoms with E-state index in [1.54, 1.807) is 12.1 Å². The molecule has 16 heavy (non-hydrogen) atoms. The van der Waals surface area contributed by atoms with Crippen LogP contribution in [0, 0.1) is 11.8 Å². The van der Waals surface area contributed by atoms with Crippen LogP contribution in [-0.4, -0.2) is 5.11 Å². The molecule has 1 fully saturated rings. The molecule has 0 heterocycles. The minimum atomic E-state index is -0.824. The number of halogens is 2. The smallest absolute Gasteiger partial charge is 0.0897 e. The molecular formula is C13H16Cl2O. The van der Waals surface area contributed by atoms with Gasteiger partial charge in [-0.25, -0.2) is 0 Å². The van der Waals surface area contributed by atoms with Crippen molar-refractivity contribution in [2.45, 2.75) is 32.3 Å². The topological polar surface area (TPSA) is 20.2 Å². The number of hydrogen-bond acceptors (Lipinski definition) is 1. The SMILES string of the molecule is CC(C1CC1)C(C)(O)c1ccc(Cl)c(Cl)c1. The molecule has 1 aromatic rings. The summed E-state index contributed by atoms with van der Waals surface area (Å²) in [6, 6.07) is 5.36. The molecule has 1 N–H and O–H groups in total. The molecule has 0 amide bonds. The standard InChI is InChI=1S/C13H16Cl2O/c1-8(9-3-4-9)13(2,16)10-5-6-11(14)12(15)7-10/h5-9,16H,3-4H2,1-2H3. The lowest BCUT2D eigenvalue weighted by molar-refractivity contribution is -0.00769. The van der Waals surface area contributed by atoms with E-state index in [2.05, 4.69) is 6.92 Å². The summed E-state index contributed by atoms with van der Waals surface area (Å²) >= 11 is 11.8. The molecule has 0 saturated heterocycles. The molecule has 0 bridgehead atoms. The Bertz CT molecular complexity index is 397. The van der Waals surface area contributed by atoms with Gasteiger partial charge in [0.2, 0.25) is 0 Å². The van der Waals surface area contributed by atoms with Crippen molar-refractivity contribution in [1.82, 2.24) is 0 Å². The molecule has 1 aromatic carbocycles. The molecule has 3 heteroatoms. The lowest BCUT2D eigenvalue weighted by Crippen LogP contribution is -2.31. The quantitative estimate of drug-likeness (QED) is 0.860. The summed E-state index contributed by atoms with van der Waals surface area (Å²) in [6.07, 6.45) is 2.44. The van der Waals surface area contributed by atoms with E-state index >= 15 is 0 Å². The van der Waals surface area contributed by atoms with Gasteiger partial charge in [0.1, 0.15) is 0 Å². The summed E-state index contributed by atoms with van der Waals surface area (Å²) in [7, 11) is 0. The average Bonchev–Trinajstić information content (AvgIpc) is 3.04. The van der Waals surface area contributed by atoms with Gasteiger partial charge in [-0.1, -0.05) is 36.2 Å². The zero-order chi connectivity index (χ0) is 11.9. The first-order valence-corrected chi connectivity index (χ1v) is 6.36. The van der Waals surface area contributed by atoms with Gasteiger partial charge in [0.05, 0.1) is 15.6 Å². The van der Waals surface area contributed by atoms with E-state index in [1.165, 1.54) is 12.8 Å². The highest BCUT2D eigenvalue weighted by molar-refractivity contribution is 6.42. The third-order valence-corrected chi connectivity index (χ3v) is 4.46. The highest BCUT2D eigenvalue weighted by Crippen LogP contribution is 2.46. The highest BCUT2D eigenvalue weighted by atomic mass is 35.5. The van der Waals surface area contributed by atoms with Crippen LogP contribution in [0.5, 0.6) is 0 Å². The van der Waals surface area contributed by atoms with Crippen LogP contribution < -0.4 is 0 Å². The van der Waals surface area contributed by atoms with Crippen LogP contribution in [0.25, 0.3) is 0 Å². The molecule has 2 unspecified atom stereocenters. The largest absolute Gasteiger partial charge is 0.385 e. The Morgan fingerprint density at radius 2 is 1.94 bits per heavy atom. The van der Waals surface area contributed by atoms with Crippen molar-refractivity contribution in [3.63, 3.8) is 0 Å². The highest BCUT2D eigenvalue weighted by Gasteiger charge is 2.40. The van der Waals surface area contributed by atoms with Crippen molar-refractivity contribution < 1.29 is 5.11 Å². The molecule has 1 saturated carbocycles. The number of rotatable bonds is 3. The Kier molecular flexibility index (Phi) is 3.22. The van der Waals surface area contributed by atoms with Gasteiger partial charge >= 0.3 is 0 Å². The van der Waals surface area contributed by atoms with Crippen LogP contribution >= 0.6 is 23.2 Å². The second-order valence-corrected chi connectivity index (χ2v) is 5.72.